The number of hydrogen-bond acceptors (Lipinski definition) is 7. The molecule has 1 spiro atoms. The number of nitrogens with one attached hydrogen (secondary N) is 1. The molecule has 1 N–H and O–H groups in total. The summed E-state index contributed by atoms with van der Waals surface area (Å²) in [5.74, 6) is 2.18. The van der Waals surface area contributed by atoms with Crippen LogP contribution in [0.15, 0.2) is 47.5 Å². The predicted molar refractivity (Wildman–Crippen MR) is 126 cm³/mol. The highest BCUT2D eigenvalue weighted by Gasteiger charge is 2.40. The topological polar surface area (TPSA) is 62.2 Å². The van der Waals surface area contributed by atoms with E-state index in [2.05, 4.69) is 60.4 Å². The zero-order valence-corrected chi connectivity index (χ0v) is 19.7. The summed E-state index contributed by atoms with van der Waals surface area (Å²) in [5.41, 5.74) is 5.88. The molecule has 1 aromatic carbocycles. The molecule has 0 radical (unpaired) electrons. The van der Waals surface area contributed by atoms with E-state index in [0.29, 0.717) is 19.0 Å². The van der Waals surface area contributed by atoms with Crippen LogP contribution in [0.4, 0.5) is 0 Å². The van der Waals surface area contributed by atoms with Gasteiger partial charge in [0, 0.05) is 38.2 Å². The van der Waals surface area contributed by atoms with E-state index in [-0.39, 0.29) is 0 Å². The van der Waals surface area contributed by atoms with Gasteiger partial charge in [0.2, 0.25) is 5.96 Å². The molecule has 0 unspecified atom stereocenters. The molecule has 0 atom stereocenters. The Morgan fingerprint density at radius 1 is 1.12 bits per heavy atom. The minimum atomic E-state index is -0.464. The van der Waals surface area contributed by atoms with Crippen molar-refractivity contribution in [3.05, 3.63) is 59.4 Å². The first-order valence-corrected chi connectivity index (χ1v) is 11.5. The van der Waals surface area contributed by atoms with Crippen molar-refractivity contribution in [3.8, 4) is 5.75 Å². The number of nitrogens with zero attached hydrogens (tertiary/aromatic N) is 4. The van der Waals surface area contributed by atoms with Gasteiger partial charge in [0.05, 0.1) is 18.8 Å². The van der Waals surface area contributed by atoms with Crippen molar-refractivity contribution < 1.29 is 9.57 Å². The number of likely N-dealkylation sites (tertiary alicyclic amines) is 1. The number of benzene rings is 1. The van der Waals surface area contributed by atoms with Gasteiger partial charge in [-0.3, -0.25) is 4.98 Å². The number of aliphatic imine (C=N–C) groups is 1. The minimum absolute atomic E-state index is 0.464. The maximum atomic E-state index is 6.03. The molecule has 2 aliphatic rings. The molecule has 1 fully saturated rings. The lowest BCUT2D eigenvalue weighted by molar-refractivity contribution is -0.0875. The number of hydrogen-bond donors (Lipinski definition) is 1. The first-order valence-electron chi connectivity index (χ1n) is 11.5. The maximum Gasteiger partial charge on any atom is 0.222 e. The Morgan fingerprint density at radius 2 is 1.88 bits per heavy atom. The number of aromatic nitrogens is 1. The summed E-state index contributed by atoms with van der Waals surface area (Å²) in [6, 6.07) is 14.5. The first-order chi connectivity index (χ1) is 15.4. The normalized spacial score (nSPS) is 18.0. The molecule has 7 heteroatoms. The van der Waals surface area contributed by atoms with Crippen molar-refractivity contribution in [3.63, 3.8) is 0 Å². The van der Waals surface area contributed by atoms with Gasteiger partial charge < -0.3 is 14.5 Å². The summed E-state index contributed by atoms with van der Waals surface area (Å²) in [6.45, 7) is 10.4. The molecule has 32 heavy (non-hydrogen) atoms. The van der Waals surface area contributed by atoms with E-state index in [1.54, 1.807) is 0 Å². The van der Waals surface area contributed by atoms with Crippen LogP contribution in [0.1, 0.15) is 43.6 Å². The Kier molecular flexibility index (Phi) is 6.96. The number of pyridine rings is 1. The van der Waals surface area contributed by atoms with Gasteiger partial charge in [0.15, 0.2) is 5.72 Å². The summed E-state index contributed by atoms with van der Waals surface area (Å²) in [6.07, 6.45) is 1.77. The summed E-state index contributed by atoms with van der Waals surface area (Å²) in [5, 5.41) is 0. The molecule has 4 rings (SSSR count). The molecule has 2 aromatic rings. The van der Waals surface area contributed by atoms with Crippen LogP contribution in [0.25, 0.3) is 0 Å². The highest BCUT2D eigenvalue weighted by Crippen LogP contribution is 2.30. The third-order valence-corrected chi connectivity index (χ3v) is 5.89. The fourth-order valence-corrected chi connectivity index (χ4v) is 3.96. The second kappa shape index (κ2) is 9.88. The predicted octanol–water partition coefficient (Wildman–Crippen LogP) is 3.74. The van der Waals surface area contributed by atoms with Crippen LogP contribution in [0.3, 0.4) is 0 Å². The molecule has 0 bridgehead atoms. The summed E-state index contributed by atoms with van der Waals surface area (Å²) in [4.78, 5) is 20.3. The highest BCUT2D eigenvalue weighted by molar-refractivity contribution is 5.80. The third-order valence-electron chi connectivity index (χ3n) is 5.89. The fourth-order valence-electron chi connectivity index (χ4n) is 3.96. The molecule has 0 saturated carbocycles. The molecular formula is C25H35N5O2. The largest absolute Gasteiger partial charge is 0.493 e. The summed E-state index contributed by atoms with van der Waals surface area (Å²) in [7, 11) is 2.14. The number of guanidine groups is 1. The molecule has 0 amide bonds. The smallest absolute Gasteiger partial charge is 0.222 e. The SMILES string of the molecule is Cc1cccc(CN(Cc2ccc(OCC(C)C)cc2)C2=NC3(CCN(C)CC3)ON2)n1. The monoisotopic (exact) mass is 437 g/mol. The van der Waals surface area contributed by atoms with Gasteiger partial charge in [-0.1, -0.05) is 32.0 Å². The molecule has 0 aliphatic carbocycles. The van der Waals surface area contributed by atoms with E-state index in [0.717, 1.165) is 55.6 Å². The zero-order valence-electron chi connectivity index (χ0n) is 19.7. The van der Waals surface area contributed by atoms with Crippen LogP contribution < -0.4 is 10.2 Å². The van der Waals surface area contributed by atoms with Gasteiger partial charge >= 0.3 is 0 Å². The van der Waals surface area contributed by atoms with E-state index in [1.807, 2.05) is 25.1 Å². The lowest BCUT2D eigenvalue weighted by Gasteiger charge is -2.33. The van der Waals surface area contributed by atoms with Crippen molar-refractivity contribution >= 4 is 5.96 Å². The van der Waals surface area contributed by atoms with E-state index in [1.165, 1.54) is 5.56 Å². The van der Waals surface area contributed by atoms with Crippen molar-refractivity contribution in [1.29, 1.82) is 0 Å². The molecule has 3 heterocycles. The summed E-state index contributed by atoms with van der Waals surface area (Å²) >= 11 is 0. The number of aryl methyl sites for hydroxylation is 1. The third kappa shape index (κ3) is 5.78. The van der Waals surface area contributed by atoms with E-state index in [9.17, 15) is 0 Å². The maximum absolute atomic E-state index is 6.03. The van der Waals surface area contributed by atoms with Gasteiger partial charge in [-0.05, 0) is 49.7 Å². The fraction of sp³-hybridized carbons (Fsp3) is 0.520. The van der Waals surface area contributed by atoms with Crippen LogP contribution in [-0.4, -0.2) is 53.2 Å². The van der Waals surface area contributed by atoms with Crippen LogP contribution in [0.2, 0.25) is 0 Å². The zero-order chi connectivity index (χ0) is 22.6. The van der Waals surface area contributed by atoms with Gasteiger partial charge in [0.1, 0.15) is 5.75 Å². The van der Waals surface area contributed by atoms with Gasteiger partial charge in [-0.25, -0.2) is 15.3 Å². The minimum Gasteiger partial charge on any atom is -0.493 e. The number of ether oxygens (including phenoxy) is 1. The molecule has 1 aromatic heterocycles. The van der Waals surface area contributed by atoms with Crippen LogP contribution in [-0.2, 0) is 17.9 Å². The molecule has 1 saturated heterocycles. The van der Waals surface area contributed by atoms with Crippen LogP contribution >= 0.6 is 0 Å². The molecule has 2 aliphatic heterocycles. The first kappa shape index (κ1) is 22.6. The van der Waals surface area contributed by atoms with Gasteiger partial charge in [-0.2, -0.15) is 0 Å². The summed E-state index contributed by atoms with van der Waals surface area (Å²) < 4.78 is 5.84. The van der Waals surface area contributed by atoms with Crippen molar-refractivity contribution in [1.82, 2.24) is 20.3 Å². The van der Waals surface area contributed by atoms with Crippen LogP contribution in [0, 0.1) is 12.8 Å². The van der Waals surface area contributed by atoms with Crippen molar-refractivity contribution in [2.24, 2.45) is 10.9 Å². The van der Waals surface area contributed by atoms with E-state index < -0.39 is 5.72 Å². The van der Waals surface area contributed by atoms with Gasteiger partial charge in [-0.15, -0.1) is 0 Å². The molecule has 7 nitrogen and oxygen atoms in total. The Morgan fingerprint density at radius 3 is 2.56 bits per heavy atom. The van der Waals surface area contributed by atoms with Crippen LogP contribution in [0.5, 0.6) is 5.75 Å². The molecular weight excluding hydrogens is 402 g/mol. The Balaban J connectivity index is 1.52. The van der Waals surface area contributed by atoms with Crippen molar-refractivity contribution in [2.45, 2.75) is 52.4 Å². The van der Waals surface area contributed by atoms with E-state index in [4.69, 9.17) is 19.6 Å². The quantitative estimate of drug-likeness (QED) is 0.712. The average Bonchev–Trinajstić information content (AvgIpc) is 3.19. The Bertz CT molecular complexity index is 920. The number of rotatable bonds is 7. The highest BCUT2D eigenvalue weighted by atomic mass is 16.7. The van der Waals surface area contributed by atoms with E-state index >= 15 is 0 Å². The number of hydroxylamine groups is 1. The second-order valence-corrected chi connectivity index (χ2v) is 9.36. The number of piperidine rings is 1. The lowest BCUT2D eigenvalue weighted by atomic mass is 10.0. The lowest BCUT2D eigenvalue weighted by Crippen LogP contribution is -2.43. The van der Waals surface area contributed by atoms with Gasteiger partial charge in [0.25, 0.3) is 0 Å². The average molecular weight is 438 g/mol. The Hall–Kier alpha value is -2.64. The second-order valence-electron chi connectivity index (χ2n) is 9.36. The van der Waals surface area contributed by atoms with Crippen molar-refractivity contribution in [2.75, 3.05) is 26.7 Å². The standard InChI is InChI=1S/C25H35N5O2/c1-19(2)18-31-23-10-8-21(9-11-23)16-30(17-22-7-5-6-20(3)26-22)24-27-25(32-28-24)12-14-29(4)15-13-25/h5-11,19H,12-18H2,1-4H3,(H,27,28). The Labute approximate surface area is 191 Å². The molecule has 172 valence electrons.